The fraction of sp³-hybridized carbons (Fsp3) is 0.765. The highest BCUT2D eigenvalue weighted by Crippen LogP contribution is 2.38. The van der Waals surface area contributed by atoms with E-state index in [1.54, 1.807) is 0 Å². The molecule has 0 bridgehead atoms. The Morgan fingerprint density at radius 2 is 1.24 bits per heavy atom. The molecule has 0 spiro atoms. The van der Waals surface area contributed by atoms with Gasteiger partial charge < -0.3 is 0 Å². The molecular weight excluding hydrogens is 204 g/mol. The van der Waals surface area contributed by atoms with Gasteiger partial charge in [-0.15, -0.1) is 0 Å². The lowest BCUT2D eigenvalue weighted by molar-refractivity contribution is 0.272. The highest BCUT2D eigenvalue weighted by Gasteiger charge is 2.24. The fourth-order valence-electron chi connectivity index (χ4n) is 2.48. The Bertz CT molecular complexity index is 178. The number of hydrogen-bond donors (Lipinski definition) is 0. The second kappa shape index (κ2) is 10.6. The standard InChI is InChI=1S/C17H32/c1-5-9-13-17(14-10-6-2,15-11-7-3)16-12-8-4/h5,9,13H,1,6-8,10-12,14-16H2,2-4H3. The van der Waals surface area contributed by atoms with E-state index in [1.807, 2.05) is 6.08 Å². The van der Waals surface area contributed by atoms with Crippen LogP contribution in [0.5, 0.6) is 0 Å². The van der Waals surface area contributed by atoms with Crippen LogP contribution in [0, 0.1) is 5.41 Å². The largest absolute Gasteiger partial charge is 0.0991 e. The number of hydrogen-bond acceptors (Lipinski definition) is 0. The fourth-order valence-corrected chi connectivity index (χ4v) is 2.48. The van der Waals surface area contributed by atoms with Crippen molar-refractivity contribution in [1.29, 1.82) is 0 Å². The molecule has 17 heavy (non-hydrogen) atoms. The van der Waals surface area contributed by atoms with Gasteiger partial charge in [-0.2, -0.15) is 0 Å². The molecule has 100 valence electrons. The van der Waals surface area contributed by atoms with Crippen molar-refractivity contribution in [1.82, 2.24) is 0 Å². The lowest BCUT2D eigenvalue weighted by Crippen LogP contribution is -2.18. The van der Waals surface area contributed by atoms with Crippen LogP contribution in [0.1, 0.15) is 78.6 Å². The molecule has 0 atom stereocenters. The van der Waals surface area contributed by atoms with E-state index in [2.05, 4.69) is 39.5 Å². The van der Waals surface area contributed by atoms with E-state index in [4.69, 9.17) is 0 Å². The summed E-state index contributed by atoms with van der Waals surface area (Å²) in [6, 6.07) is 0. The summed E-state index contributed by atoms with van der Waals surface area (Å²) in [5.41, 5.74) is 0.455. The van der Waals surface area contributed by atoms with Crippen LogP contribution in [0.4, 0.5) is 0 Å². The Kier molecular flexibility index (Phi) is 10.3. The lowest BCUT2D eigenvalue weighted by atomic mass is 9.74. The zero-order valence-corrected chi connectivity index (χ0v) is 12.3. The summed E-state index contributed by atoms with van der Waals surface area (Å²) < 4.78 is 0. The third-order valence-electron chi connectivity index (χ3n) is 3.67. The molecule has 0 N–H and O–H groups in total. The van der Waals surface area contributed by atoms with Gasteiger partial charge in [0.05, 0.1) is 0 Å². The van der Waals surface area contributed by atoms with Crippen LogP contribution in [-0.2, 0) is 0 Å². The Morgan fingerprint density at radius 3 is 1.53 bits per heavy atom. The molecule has 0 rings (SSSR count). The first-order valence-corrected chi connectivity index (χ1v) is 7.55. The van der Waals surface area contributed by atoms with Gasteiger partial charge >= 0.3 is 0 Å². The van der Waals surface area contributed by atoms with Crippen LogP contribution in [0.3, 0.4) is 0 Å². The van der Waals surface area contributed by atoms with Crippen molar-refractivity contribution in [3.63, 3.8) is 0 Å². The SMILES string of the molecule is C=CC=CC(CCCC)(CCCC)CCCC. The molecular formula is C17H32. The average Bonchev–Trinajstić information content (AvgIpc) is 2.37. The van der Waals surface area contributed by atoms with Crippen molar-refractivity contribution in [3.8, 4) is 0 Å². The van der Waals surface area contributed by atoms with E-state index in [9.17, 15) is 0 Å². The van der Waals surface area contributed by atoms with Crippen LogP contribution >= 0.6 is 0 Å². The summed E-state index contributed by atoms with van der Waals surface area (Å²) in [5.74, 6) is 0. The maximum absolute atomic E-state index is 3.82. The first-order chi connectivity index (χ1) is 8.24. The summed E-state index contributed by atoms with van der Waals surface area (Å²) in [5, 5.41) is 0. The van der Waals surface area contributed by atoms with Crippen molar-refractivity contribution in [2.24, 2.45) is 5.41 Å². The molecule has 0 saturated carbocycles. The first kappa shape index (κ1) is 16.5. The van der Waals surface area contributed by atoms with Gasteiger partial charge in [-0.1, -0.05) is 84.1 Å². The predicted molar refractivity (Wildman–Crippen MR) is 80.3 cm³/mol. The van der Waals surface area contributed by atoms with Crippen molar-refractivity contribution >= 4 is 0 Å². The van der Waals surface area contributed by atoms with Gasteiger partial charge in [0.15, 0.2) is 0 Å². The van der Waals surface area contributed by atoms with Gasteiger partial charge in [-0.25, -0.2) is 0 Å². The van der Waals surface area contributed by atoms with E-state index >= 15 is 0 Å². The smallest absolute Gasteiger partial charge is 0.0115 e. The first-order valence-electron chi connectivity index (χ1n) is 7.55. The molecule has 0 radical (unpaired) electrons. The molecule has 0 aliphatic heterocycles. The molecule has 0 aliphatic carbocycles. The van der Waals surface area contributed by atoms with Gasteiger partial charge in [0.25, 0.3) is 0 Å². The second-order valence-corrected chi connectivity index (χ2v) is 5.27. The summed E-state index contributed by atoms with van der Waals surface area (Å²) in [7, 11) is 0. The highest BCUT2D eigenvalue weighted by atomic mass is 14.3. The van der Waals surface area contributed by atoms with Gasteiger partial charge in [0.2, 0.25) is 0 Å². The molecule has 0 aliphatic rings. The van der Waals surface area contributed by atoms with Gasteiger partial charge in [-0.05, 0) is 24.7 Å². The summed E-state index contributed by atoms with van der Waals surface area (Å²) in [4.78, 5) is 0. The topological polar surface area (TPSA) is 0 Å². The van der Waals surface area contributed by atoms with Crippen molar-refractivity contribution < 1.29 is 0 Å². The van der Waals surface area contributed by atoms with E-state index in [0.717, 1.165) is 0 Å². The maximum atomic E-state index is 3.82. The van der Waals surface area contributed by atoms with Crippen LogP contribution < -0.4 is 0 Å². The highest BCUT2D eigenvalue weighted by molar-refractivity contribution is 5.06. The molecule has 0 aromatic carbocycles. The maximum Gasteiger partial charge on any atom is -0.0115 e. The van der Waals surface area contributed by atoms with Crippen LogP contribution in [-0.4, -0.2) is 0 Å². The van der Waals surface area contributed by atoms with Crippen LogP contribution in [0.25, 0.3) is 0 Å². The number of unbranched alkanes of at least 4 members (excludes halogenated alkanes) is 3. The van der Waals surface area contributed by atoms with Gasteiger partial charge in [0.1, 0.15) is 0 Å². The Hall–Kier alpha value is -0.520. The average molecular weight is 236 g/mol. The summed E-state index contributed by atoms with van der Waals surface area (Å²) in [6.07, 6.45) is 18.6. The molecule has 0 nitrogen and oxygen atoms in total. The minimum Gasteiger partial charge on any atom is -0.0991 e. The monoisotopic (exact) mass is 236 g/mol. The zero-order valence-electron chi connectivity index (χ0n) is 12.3. The summed E-state index contributed by atoms with van der Waals surface area (Å²) >= 11 is 0. The van der Waals surface area contributed by atoms with Crippen LogP contribution in [0.2, 0.25) is 0 Å². The van der Waals surface area contributed by atoms with E-state index in [1.165, 1.54) is 57.8 Å². The molecule has 0 saturated heterocycles. The predicted octanol–water partition coefficient (Wildman–Crippen LogP) is 6.29. The quantitative estimate of drug-likeness (QED) is 0.370. The molecule has 0 aromatic heterocycles. The van der Waals surface area contributed by atoms with E-state index in [-0.39, 0.29) is 0 Å². The molecule has 0 heterocycles. The van der Waals surface area contributed by atoms with E-state index < -0.39 is 0 Å². The third-order valence-corrected chi connectivity index (χ3v) is 3.67. The third kappa shape index (κ3) is 7.41. The van der Waals surface area contributed by atoms with E-state index in [0.29, 0.717) is 5.41 Å². The number of allylic oxidation sites excluding steroid dienone is 3. The normalized spacial score (nSPS) is 12.2. The molecule has 0 aromatic rings. The number of rotatable bonds is 11. The Balaban J connectivity index is 4.62. The second-order valence-electron chi connectivity index (χ2n) is 5.27. The van der Waals surface area contributed by atoms with Crippen molar-refractivity contribution in [2.75, 3.05) is 0 Å². The van der Waals surface area contributed by atoms with Crippen LogP contribution in [0.15, 0.2) is 24.8 Å². The van der Waals surface area contributed by atoms with Crippen molar-refractivity contribution in [3.05, 3.63) is 24.8 Å². The Morgan fingerprint density at radius 1 is 0.824 bits per heavy atom. The van der Waals surface area contributed by atoms with Gasteiger partial charge in [0, 0.05) is 0 Å². The van der Waals surface area contributed by atoms with Gasteiger partial charge in [-0.3, -0.25) is 0 Å². The minimum atomic E-state index is 0.455. The van der Waals surface area contributed by atoms with Crippen molar-refractivity contribution in [2.45, 2.75) is 78.6 Å². The molecule has 0 amide bonds. The lowest BCUT2D eigenvalue weighted by Gasteiger charge is -2.31. The molecule has 0 heteroatoms. The molecule has 0 fully saturated rings. The molecule has 0 unspecified atom stereocenters. The zero-order chi connectivity index (χ0) is 13.0. The minimum absolute atomic E-state index is 0.455. The summed E-state index contributed by atoms with van der Waals surface area (Å²) in [6.45, 7) is 10.7. The Labute approximate surface area is 109 Å².